The maximum absolute atomic E-state index is 5.11. The third-order valence-corrected chi connectivity index (χ3v) is 3.88. The summed E-state index contributed by atoms with van der Waals surface area (Å²) in [6.07, 6.45) is 4.28. The van der Waals surface area contributed by atoms with Gasteiger partial charge in [-0.25, -0.2) is 0 Å². The fraction of sp³-hybridized carbons (Fsp3) is 0.714. The Morgan fingerprint density at radius 1 is 0.917 bits per heavy atom. The van der Waals surface area contributed by atoms with Gasteiger partial charge < -0.3 is 9.64 Å². The number of likely N-dealkylation sites (tertiary alicyclic amines) is 1. The number of rotatable bonds is 3. The second kappa shape index (κ2) is 17.9. The van der Waals surface area contributed by atoms with E-state index in [0.29, 0.717) is 5.92 Å². The predicted octanol–water partition coefficient (Wildman–Crippen LogP) is 6.61. The van der Waals surface area contributed by atoms with E-state index in [1.54, 1.807) is 7.11 Å². The van der Waals surface area contributed by atoms with Gasteiger partial charge in [-0.3, -0.25) is 0 Å². The Hall–Kier alpha value is 0.0839. The summed E-state index contributed by atoms with van der Waals surface area (Å²) in [6.45, 7) is 11.6. The monoisotopic (exact) mass is 414 g/mol. The van der Waals surface area contributed by atoms with Crippen LogP contribution in [0.4, 0.5) is 0 Å². The van der Waals surface area contributed by atoms with E-state index in [9.17, 15) is 0 Å². The molecule has 0 aromatic heterocycles. The van der Waals surface area contributed by atoms with Crippen molar-refractivity contribution in [1.82, 2.24) is 4.90 Å². The zero-order valence-corrected chi connectivity index (χ0v) is 17.3. The van der Waals surface area contributed by atoms with Gasteiger partial charge in [0.2, 0.25) is 0 Å². The molecule has 1 aromatic rings. The second-order valence-corrected chi connectivity index (χ2v) is 6.12. The Kier molecular flexibility index (Phi) is 23.7. The molecule has 0 amide bonds. The molecule has 1 heterocycles. The smallest absolute Gasteiger partial charge is 0.119 e. The van der Waals surface area contributed by atoms with Crippen LogP contribution in [-0.4, -0.2) is 31.1 Å². The van der Waals surface area contributed by atoms with Gasteiger partial charge in [-0.05, 0) is 63.4 Å². The Morgan fingerprint density at radius 2 is 1.46 bits per heavy atom. The van der Waals surface area contributed by atoms with Crippen LogP contribution < -0.4 is 4.74 Å². The van der Waals surface area contributed by atoms with Crippen LogP contribution in [-0.2, 0) is 32.7 Å². The Balaban J connectivity index is -0.000000145. The first-order chi connectivity index (χ1) is 9.54. The van der Waals surface area contributed by atoms with Gasteiger partial charge in [0.15, 0.2) is 0 Å². The molecule has 1 aromatic carbocycles. The van der Waals surface area contributed by atoms with Gasteiger partial charge in [0.25, 0.3) is 0 Å². The number of ether oxygens (including phenoxy) is 1. The molecule has 1 saturated heterocycles. The molecule has 2 nitrogen and oxygen atoms in total. The molecule has 0 bridgehead atoms. The third kappa shape index (κ3) is 12.4. The summed E-state index contributed by atoms with van der Waals surface area (Å²) in [7, 11) is 1.69. The Bertz CT molecular complexity index is 374. The van der Waals surface area contributed by atoms with E-state index in [2.05, 4.69) is 44.7 Å². The summed E-state index contributed by atoms with van der Waals surface area (Å²) in [5, 5.41) is 0. The van der Waals surface area contributed by atoms with E-state index < -0.39 is 0 Å². The molecule has 0 saturated carbocycles. The third-order valence-electron chi connectivity index (χ3n) is 3.88. The van der Waals surface area contributed by atoms with Crippen LogP contribution in [0.5, 0.6) is 5.75 Å². The molecule has 0 unspecified atom stereocenters. The van der Waals surface area contributed by atoms with Gasteiger partial charge in [0.05, 0.1) is 7.11 Å². The maximum Gasteiger partial charge on any atom is 0.119 e. The summed E-state index contributed by atoms with van der Waals surface area (Å²) in [5.41, 5.74) is 1.32. The number of piperidine rings is 1. The summed E-state index contributed by atoms with van der Waals surface area (Å²) in [4.78, 5) is 2.56. The quantitative estimate of drug-likeness (QED) is 0.552. The van der Waals surface area contributed by atoms with Crippen LogP contribution in [0, 0.1) is 0 Å². The number of hydrogen-bond acceptors (Lipinski definition) is 2. The SMILES string of the molecule is C.C.C.CC(C)N1CCCCC1.COc1cccc(C(C)C)c1.[Y]. The van der Waals surface area contributed by atoms with Crippen LogP contribution in [0.15, 0.2) is 24.3 Å². The van der Waals surface area contributed by atoms with E-state index in [1.165, 1.54) is 37.9 Å². The van der Waals surface area contributed by atoms with Crippen molar-refractivity contribution in [1.29, 1.82) is 0 Å². The standard InChI is InChI=1S/C10H14O.C8H17N.3CH4.Y/c1-8(2)9-5-4-6-10(7-9)11-3;1-8(2)9-6-4-3-5-7-9;;;;/h4-8H,1-3H3;8H,3-7H2,1-2H3;3*1H4;. The van der Waals surface area contributed by atoms with E-state index in [-0.39, 0.29) is 55.0 Å². The molecule has 1 radical (unpaired) electrons. The van der Waals surface area contributed by atoms with E-state index in [1.807, 2.05) is 12.1 Å². The average molecular weight is 414 g/mol. The molecule has 2 rings (SSSR count). The Morgan fingerprint density at radius 3 is 1.83 bits per heavy atom. The molecule has 0 atom stereocenters. The second-order valence-electron chi connectivity index (χ2n) is 6.12. The number of nitrogens with zero attached hydrogens (tertiary/aromatic N) is 1. The molecule has 141 valence electrons. The molecular weight excluding hydrogens is 371 g/mol. The summed E-state index contributed by atoms with van der Waals surface area (Å²) in [5.74, 6) is 1.52. The fourth-order valence-electron chi connectivity index (χ4n) is 2.44. The van der Waals surface area contributed by atoms with E-state index >= 15 is 0 Å². The first kappa shape index (κ1) is 31.8. The van der Waals surface area contributed by atoms with Gasteiger partial charge in [-0.2, -0.15) is 0 Å². The van der Waals surface area contributed by atoms with Crippen LogP contribution in [0.25, 0.3) is 0 Å². The topological polar surface area (TPSA) is 12.5 Å². The van der Waals surface area contributed by atoms with Gasteiger partial charge >= 0.3 is 0 Å². The molecular formula is C21H43NOY. The minimum atomic E-state index is 0. The van der Waals surface area contributed by atoms with Gasteiger partial charge in [0.1, 0.15) is 5.75 Å². The van der Waals surface area contributed by atoms with Gasteiger partial charge in [-0.1, -0.05) is 54.7 Å². The average Bonchev–Trinajstić information content (AvgIpc) is 2.49. The van der Waals surface area contributed by atoms with Crippen LogP contribution in [0.2, 0.25) is 0 Å². The van der Waals surface area contributed by atoms with E-state index in [4.69, 9.17) is 4.74 Å². The van der Waals surface area contributed by atoms with Crippen molar-refractivity contribution in [2.45, 2.75) is 81.2 Å². The minimum Gasteiger partial charge on any atom is -0.497 e. The van der Waals surface area contributed by atoms with Crippen molar-refractivity contribution in [2.75, 3.05) is 20.2 Å². The Labute approximate surface area is 178 Å². The molecule has 0 N–H and O–H groups in total. The zero-order chi connectivity index (χ0) is 15.0. The molecule has 0 spiro atoms. The van der Waals surface area contributed by atoms with Gasteiger partial charge in [-0.15, -0.1) is 0 Å². The van der Waals surface area contributed by atoms with Crippen LogP contribution >= 0.6 is 0 Å². The van der Waals surface area contributed by atoms with Crippen molar-refractivity contribution in [3.05, 3.63) is 29.8 Å². The van der Waals surface area contributed by atoms with Crippen molar-refractivity contribution in [3.63, 3.8) is 0 Å². The van der Waals surface area contributed by atoms with Crippen molar-refractivity contribution in [3.8, 4) is 5.75 Å². The number of benzene rings is 1. The van der Waals surface area contributed by atoms with Crippen LogP contribution in [0.3, 0.4) is 0 Å². The number of methoxy groups -OCH3 is 1. The predicted molar refractivity (Wildman–Crippen MR) is 108 cm³/mol. The largest absolute Gasteiger partial charge is 0.497 e. The molecule has 1 fully saturated rings. The molecule has 3 heteroatoms. The summed E-state index contributed by atoms with van der Waals surface area (Å²) >= 11 is 0. The fourth-order valence-corrected chi connectivity index (χ4v) is 2.44. The first-order valence-electron chi connectivity index (χ1n) is 7.92. The van der Waals surface area contributed by atoms with Crippen molar-refractivity contribution in [2.24, 2.45) is 0 Å². The number of hydrogen-bond donors (Lipinski definition) is 0. The van der Waals surface area contributed by atoms with Crippen LogP contribution in [0.1, 0.15) is 80.7 Å². The maximum atomic E-state index is 5.11. The molecule has 24 heavy (non-hydrogen) atoms. The van der Waals surface area contributed by atoms with Crippen molar-refractivity contribution >= 4 is 0 Å². The first-order valence-corrected chi connectivity index (χ1v) is 7.92. The minimum absolute atomic E-state index is 0. The molecule has 0 aliphatic carbocycles. The normalized spacial score (nSPS) is 13.3. The zero-order valence-electron chi connectivity index (χ0n) is 14.4. The summed E-state index contributed by atoms with van der Waals surface area (Å²) < 4.78 is 5.11. The van der Waals surface area contributed by atoms with Crippen molar-refractivity contribution < 1.29 is 37.4 Å². The van der Waals surface area contributed by atoms with Gasteiger partial charge in [0, 0.05) is 38.8 Å². The van der Waals surface area contributed by atoms with E-state index in [0.717, 1.165) is 11.8 Å². The molecule has 1 aliphatic rings. The summed E-state index contributed by atoms with van der Waals surface area (Å²) in [6, 6.07) is 8.95. The molecule has 1 aliphatic heterocycles.